The van der Waals surface area contributed by atoms with Gasteiger partial charge in [-0.2, -0.15) is 0 Å². The molecule has 0 saturated heterocycles. The van der Waals surface area contributed by atoms with E-state index in [1.807, 2.05) is 37.4 Å². The molecule has 0 radical (unpaired) electrons. The highest BCUT2D eigenvalue weighted by Crippen LogP contribution is 2.26. The van der Waals surface area contributed by atoms with Crippen LogP contribution in [0.3, 0.4) is 0 Å². The summed E-state index contributed by atoms with van der Waals surface area (Å²) >= 11 is 7.40. The van der Waals surface area contributed by atoms with E-state index >= 15 is 0 Å². The van der Waals surface area contributed by atoms with E-state index in [-0.39, 0.29) is 11.5 Å². The Labute approximate surface area is 181 Å². The van der Waals surface area contributed by atoms with Gasteiger partial charge in [0.2, 0.25) is 0 Å². The zero-order valence-corrected chi connectivity index (χ0v) is 17.8. The Morgan fingerprint density at radius 3 is 2.77 bits per heavy atom. The van der Waals surface area contributed by atoms with Crippen LogP contribution >= 0.6 is 22.9 Å². The van der Waals surface area contributed by atoms with Gasteiger partial charge in [-0.3, -0.25) is 24.5 Å². The molecule has 0 bridgehead atoms. The Morgan fingerprint density at radius 2 is 1.97 bits per heavy atom. The van der Waals surface area contributed by atoms with Crippen molar-refractivity contribution in [1.82, 2.24) is 14.5 Å². The molecule has 30 heavy (non-hydrogen) atoms. The van der Waals surface area contributed by atoms with Gasteiger partial charge < -0.3 is 0 Å². The number of carbonyl (C=O) groups excluding carboxylic acids is 1. The Kier molecular flexibility index (Phi) is 5.48. The van der Waals surface area contributed by atoms with Gasteiger partial charge >= 0.3 is 0 Å². The summed E-state index contributed by atoms with van der Waals surface area (Å²) in [6, 6.07) is 12.0. The van der Waals surface area contributed by atoms with Crippen LogP contribution in [-0.2, 0) is 0 Å². The maximum atomic E-state index is 12.8. The highest BCUT2D eigenvalue weighted by molar-refractivity contribution is 7.14. The smallest absolute Gasteiger partial charge is 0.258 e. The first kappa shape index (κ1) is 20.0. The zero-order valence-electron chi connectivity index (χ0n) is 16.2. The maximum absolute atomic E-state index is 12.8. The molecular weight excluding hydrogens is 420 g/mol. The molecular formula is C22H17ClN4O2S. The second kappa shape index (κ2) is 8.22. The summed E-state index contributed by atoms with van der Waals surface area (Å²) in [7, 11) is 0. The minimum atomic E-state index is -0.359. The molecule has 1 aromatic carbocycles. The average molecular weight is 437 g/mol. The first-order valence-corrected chi connectivity index (χ1v) is 10.4. The molecule has 0 aliphatic carbocycles. The lowest BCUT2D eigenvalue weighted by atomic mass is 10.2. The molecule has 4 aromatic rings. The quantitative estimate of drug-likeness (QED) is 0.494. The van der Waals surface area contributed by atoms with Gasteiger partial charge in [0.1, 0.15) is 5.69 Å². The lowest BCUT2D eigenvalue weighted by molar-refractivity contribution is 0.102. The first-order chi connectivity index (χ1) is 14.4. The topological polar surface area (TPSA) is 76.9 Å². The molecule has 0 unspecified atom stereocenters. The number of aromatic nitrogens is 3. The highest BCUT2D eigenvalue weighted by atomic mass is 35.5. The fourth-order valence-corrected chi connectivity index (χ4v) is 3.87. The van der Waals surface area contributed by atoms with Gasteiger partial charge in [-0.1, -0.05) is 23.7 Å². The molecule has 0 aliphatic rings. The number of anilines is 1. The third kappa shape index (κ3) is 4.03. The molecule has 3 aromatic heterocycles. The minimum absolute atomic E-state index is 0.251. The van der Waals surface area contributed by atoms with Gasteiger partial charge in [-0.15, -0.1) is 11.3 Å². The van der Waals surface area contributed by atoms with Crippen molar-refractivity contribution < 1.29 is 4.79 Å². The number of carbonyl (C=O) groups is 1. The Bertz CT molecular complexity index is 1310. The predicted octanol–water partition coefficient (Wildman–Crippen LogP) is 4.88. The number of benzene rings is 1. The van der Waals surface area contributed by atoms with E-state index in [0.29, 0.717) is 27.1 Å². The summed E-state index contributed by atoms with van der Waals surface area (Å²) in [4.78, 5) is 34.0. The molecule has 150 valence electrons. The van der Waals surface area contributed by atoms with E-state index in [9.17, 15) is 9.59 Å². The van der Waals surface area contributed by atoms with E-state index in [1.165, 1.54) is 34.2 Å². The van der Waals surface area contributed by atoms with Gasteiger partial charge in [-0.25, -0.2) is 4.98 Å². The van der Waals surface area contributed by atoms with Crippen molar-refractivity contribution in [3.63, 3.8) is 0 Å². The molecule has 0 atom stereocenters. The Morgan fingerprint density at radius 1 is 1.13 bits per heavy atom. The number of hydrogen-bond donors (Lipinski definition) is 1. The fourth-order valence-electron chi connectivity index (χ4n) is 3.01. The van der Waals surface area contributed by atoms with Gasteiger partial charge in [-0.05, 0) is 49.2 Å². The number of halogens is 1. The lowest BCUT2D eigenvalue weighted by Crippen LogP contribution is -2.21. The number of hydrogen-bond acceptors (Lipinski definition) is 5. The molecule has 4 rings (SSSR count). The minimum Gasteiger partial charge on any atom is -0.298 e. The van der Waals surface area contributed by atoms with Gasteiger partial charge in [0.25, 0.3) is 11.5 Å². The van der Waals surface area contributed by atoms with Crippen molar-refractivity contribution in [2.75, 3.05) is 5.32 Å². The standard InChI is InChI=1S/C22H17ClN4O2S/c1-13-5-7-16(23)10-18(13)27-11-15(6-8-19(27)28)21(29)26-22-25-17(12-30-22)20-14(2)4-3-9-24-20/h3-12H,1-2H3,(H,25,26,29). The van der Waals surface area contributed by atoms with Crippen LogP contribution in [0.25, 0.3) is 17.1 Å². The average Bonchev–Trinajstić information content (AvgIpc) is 3.18. The number of nitrogens with one attached hydrogen (secondary N) is 1. The second-order valence-corrected chi connectivity index (χ2v) is 8.01. The summed E-state index contributed by atoms with van der Waals surface area (Å²) in [5.74, 6) is -0.359. The summed E-state index contributed by atoms with van der Waals surface area (Å²) in [6.07, 6.45) is 3.22. The van der Waals surface area contributed by atoms with Crippen LogP contribution < -0.4 is 10.9 Å². The van der Waals surface area contributed by atoms with Crippen molar-refractivity contribution in [2.24, 2.45) is 0 Å². The normalized spacial score (nSPS) is 10.8. The number of rotatable bonds is 4. The third-order valence-corrected chi connectivity index (χ3v) is 5.57. The van der Waals surface area contributed by atoms with Crippen LogP contribution in [0.15, 0.2) is 65.0 Å². The van der Waals surface area contributed by atoms with Crippen LogP contribution in [0, 0.1) is 13.8 Å². The van der Waals surface area contributed by atoms with E-state index in [1.54, 1.807) is 18.3 Å². The Balaban J connectivity index is 1.61. The van der Waals surface area contributed by atoms with E-state index in [4.69, 9.17) is 11.6 Å². The molecule has 8 heteroatoms. The van der Waals surface area contributed by atoms with Crippen molar-refractivity contribution in [3.05, 3.63) is 92.3 Å². The monoisotopic (exact) mass is 436 g/mol. The summed E-state index contributed by atoms with van der Waals surface area (Å²) in [5, 5.41) is 5.61. The van der Waals surface area contributed by atoms with Crippen LogP contribution in [0.2, 0.25) is 5.02 Å². The van der Waals surface area contributed by atoms with Crippen molar-refractivity contribution in [2.45, 2.75) is 13.8 Å². The molecule has 0 fully saturated rings. The van der Waals surface area contributed by atoms with E-state index < -0.39 is 0 Å². The summed E-state index contributed by atoms with van der Waals surface area (Å²) in [6.45, 7) is 3.84. The maximum Gasteiger partial charge on any atom is 0.258 e. The van der Waals surface area contributed by atoms with E-state index in [2.05, 4.69) is 15.3 Å². The first-order valence-electron chi connectivity index (χ1n) is 9.10. The van der Waals surface area contributed by atoms with Crippen LogP contribution in [-0.4, -0.2) is 20.4 Å². The van der Waals surface area contributed by atoms with E-state index in [0.717, 1.165) is 16.8 Å². The molecule has 3 heterocycles. The molecule has 6 nitrogen and oxygen atoms in total. The predicted molar refractivity (Wildman–Crippen MR) is 120 cm³/mol. The van der Waals surface area contributed by atoms with Crippen molar-refractivity contribution >= 4 is 34.0 Å². The highest BCUT2D eigenvalue weighted by Gasteiger charge is 2.14. The molecule has 0 saturated carbocycles. The SMILES string of the molecule is Cc1ccc(Cl)cc1-n1cc(C(=O)Nc2nc(-c3ncccc3C)cs2)ccc1=O. The molecule has 1 amide bonds. The third-order valence-electron chi connectivity index (χ3n) is 4.58. The Hall–Kier alpha value is -3.29. The van der Waals surface area contributed by atoms with Crippen molar-refractivity contribution in [3.8, 4) is 17.1 Å². The summed E-state index contributed by atoms with van der Waals surface area (Å²) in [5.41, 5.74) is 4.06. The second-order valence-electron chi connectivity index (χ2n) is 6.72. The summed E-state index contributed by atoms with van der Waals surface area (Å²) < 4.78 is 1.42. The largest absolute Gasteiger partial charge is 0.298 e. The number of amides is 1. The lowest BCUT2D eigenvalue weighted by Gasteiger charge is -2.11. The fraction of sp³-hybridized carbons (Fsp3) is 0.0909. The molecule has 0 spiro atoms. The van der Waals surface area contributed by atoms with Crippen LogP contribution in [0.5, 0.6) is 0 Å². The number of aryl methyl sites for hydroxylation is 2. The number of nitrogens with zero attached hydrogens (tertiary/aromatic N) is 3. The number of pyridine rings is 2. The van der Waals surface area contributed by atoms with Gasteiger partial charge in [0.05, 0.1) is 16.9 Å². The molecule has 0 aliphatic heterocycles. The van der Waals surface area contributed by atoms with Gasteiger partial charge in [0, 0.05) is 28.9 Å². The van der Waals surface area contributed by atoms with Crippen LogP contribution in [0.4, 0.5) is 5.13 Å². The zero-order chi connectivity index (χ0) is 21.3. The molecule has 1 N–H and O–H groups in total. The van der Waals surface area contributed by atoms with Crippen LogP contribution in [0.1, 0.15) is 21.5 Å². The van der Waals surface area contributed by atoms with Gasteiger partial charge in [0.15, 0.2) is 5.13 Å². The number of thiazole rings is 1. The van der Waals surface area contributed by atoms with Crippen molar-refractivity contribution in [1.29, 1.82) is 0 Å².